The Hall–Kier alpha value is 0.690. The first-order valence-corrected chi connectivity index (χ1v) is 6.49. The van der Waals surface area contributed by atoms with Gasteiger partial charge in [0, 0.05) is 10.0 Å². The van der Waals surface area contributed by atoms with Crippen LogP contribution in [0.25, 0.3) is 0 Å². The van der Waals surface area contributed by atoms with Gasteiger partial charge in [-0.25, -0.2) is 0 Å². The van der Waals surface area contributed by atoms with Gasteiger partial charge < -0.3 is 4.74 Å². The van der Waals surface area contributed by atoms with Crippen molar-refractivity contribution in [1.82, 2.24) is 0 Å². The van der Waals surface area contributed by atoms with Gasteiger partial charge in [0.1, 0.15) is 0 Å². The zero-order chi connectivity index (χ0) is 9.53. The van der Waals surface area contributed by atoms with Gasteiger partial charge in [0.25, 0.3) is 0 Å². The Morgan fingerprint density at radius 2 is 1.92 bits per heavy atom. The average Bonchev–Trinajstić information content (AvgIpc) is 2.59. The molecule has 2 rings (SSSR count). The minimum Gasteiger partial charge on any atom is -0.378 e. The fourth-order valence-electron chi connectivity index (χ4n) is 3.16. The second-order valence-electron chi connectivity index (χ2n) is 4.79. The fraction of sp³-hybridized carbons (Fsp3) is 1.00. The lowest BCUT2D eigenvalue weighted by Gasteiger charge is -2.32. The molecule has 2 bridgehead atoms. The molecule has 76 valence electrons. The molecule has 2 heteroatoms. The zero-order valence-corrected chi connectivity index (χ0v) is 10.8. The molecule has 0 saturated heterocycles. The van der Waals surface area contributed by atoms with Gasteiger partial charge in [-0.3, -0.25) is 0 Å². The van der Waals surface area contributed by atoms with E-state index in [4.69, 9.17) is 4.74 Å². The van der Waals surface area contributed by atoms with Crippen molar-refractivity contribution in [1.29, 1.82) is 0 Å². The zero-order valence-electron chi connectivity index (χ0n) is 8.61. The van der Waals surface area contributed by atoms with Crippen LogP contribution in [0.4, 0.5) is 0 Å². The highest BCUT2D eigenvalue weighted by atomic mass is 127. The molecule has 1 nitrogen and oxygen atoms in total. The molecule has 0 N–H and O–H groups in total. The maximum absolute atomic E-state index is 5.79. The number of alkyl halides is 1. The molecule has 2 saturated carbocycles. The predicted molar refractivity (Wildman–Crippen MR) is 63.4 cm³/mol. The van der Waals surface area contributed by atoms with Gasteiger partial charge in [-0.15, -0.1) is 0 Å². The van der Waals surface area contributed by atoms with Gasteiger partial charge in [0.2, 0.25) is 0 Å². The number of halogens is 1. The van der Waals surface area contributed by atoms with Crippen LogP contribution < -0.4 is 0 Å². The maximum Gasteiger partial charge on any atom is 0.0603 e. The first kappa shape index (κ1) is 10.2. The van der Waals surface area contributed by atoms with Crippen LogP contribution in [-0.2, 0) is 4.74 Å². The maximum atomic E-state index is 5.79. The van der Waals surface area contributed by atoms with E-state index in [9.17, 15) is 0 Å². The normalized spacial score (nSPS) is 45.5. The van der Waals surface area contributed by atoms with E-state index in [1.54, 1.807) is 0 Å². The third-order valence-corrected chi connectivity index (χ3v) is 5.55. The van der Waals surface area contributed by atoms with E-state index in [2.05, 4.69) is 36.4 Å². The third-order valence-electron chi connectivity index (χ3n) is 4.09. The molecule has 1 atom stereocenters. The molecule has 0 heterocycles. The standard InChI is InChI=1S/C11H19IO/c1-3-13-9(2)10-4-6-11(12,8-10)7-5-10/h9H,3-8H2,1-2H3. The van der Waals surface area contributed by atoms with Crippen LogP contribution >= 0.6 is 22.6 Å². The van der Waals surface area contributed by atoms with Gasteiger partial charge in [0.15, 0.2) is 0 Å². The summed E-state index contributed by atoms with van der Waals surface area (Å²) >= 11 is 2.69. The number of fused-ring (bicyclic) bond motifs is 2. The Labute approximate surface area is 94.8 Å². The van der Waals surface area contributed by atoms with Crippen molar-refractivity contribution in [3.63, 3.8) is 0 Å². The number of rotatable bonds is 3. The molecule has 0 spiro atoms. The summed E-state index contributed by atoms with van der Waals surface area (Å²) in [5.74, 6) is 0. The van der Waals surface area contributed by atoms with Gasteiger partial charge >= 0.3 is 0 Å². The second-order valence-corrected chi connectivity index (χ2v) is 7.08. The van der Waals surface area contributed by atoms with Crippen molar-refractivity contribution in [2.24, 2.45) is 5.41 Å². The van der Waals surface area contributed by atoms with Crippen molar-refractivity contribution in [2.45, 2.75) is 55.5 Å². The van der Waals surface area contributed by atoms with Gasteiger partial charge in [-0.05, 0) is 51.4 Å². The van der Waals surface area contributed by atoms with Gasteiger partial charge in [-0.2, -0.15) is 0 Å². The molecule has 1 unspecified atom stereocenters. The molecule has 2 fully saturated rings. The van der Waals surface area contributed by atoms with Crippen molar-refractivity contribution in [3.8, 4) is 0 Å². The molecule has 0 aromatic carbocycles. The molecule has 0 aliphatic heterocycles. The topological polar surface area (TPSA) is 9.23 Å². The summed E-state index contributed by atoms with van der Waals surface area (Å²) < 4.78 is 6.43. The molecule has 2 aliphatic carbocycles. The lowest BCUT2D eigenvalue weighted by atomic mass is 9.79. The Balaban J connectivity index is 2.06. The Morgan fingerprint density at radius 1 is 1.31 bits per heavy atom. The Bertz CT molecular complexity index is 194. The van der Waals surface area contributed by atoms with Gasteiger partial charge in [0.05, 0.1) is 6.10 Å². The Morgan fingerprint density at radius 3 is 2.31 bits per heavy atom. The third kappa shape index (κ3) is 1.65. The fourth-order valence-corrected chi connectivity index (χ4v) is 4.46. The van der Waals surface area contributed by atoms with Crippen LogP contribution in [0.3, 0.4) is 0 Å². The van der Waals surface area contributed by atoms with Gasteiger partial charge in [-0.1, -0.05) is 22.6 Å². The molecule has 13 heavy (non-hydrogen) atoms. The van der Waals surface area contributed by atoms with Crippen molar-refractivity contribution in [3.05, 3.63) is 0 Å². The van der Waals surface area contributed by atoms with E-state index in [-0.39, 0.29) is 0 Å². The molecule has 0 amide bonds. The molecule has 2 aliphatic rings. The lowest BCUT2D eigenvalue weighted by Crippen LogP contribution is -2.31. The van der Waals surface area contributed by atoms with E-state index in [0.29, 0.717) is 14.9 Å². The SMILES string of the molecule is CCOC(C)C12CCC(I)(CC1)C2. The summed E-state index contributed by atoms with van der Waals surface area (Å²) in [4.78, 5) is 0. The minimum atomic E-state index is 0.483. The van der Waals surface area contributed by atoms with Crippen LogP contribution in [0.5, 0.6) is 0 Å². The number of hydrogen-bond donors (Lipinski definition) is 0. The monoisotopic (exact) mass is 294 g/mol. The summed E-state index contributed by atoms with van der Waals surface area (Å²) in [5, 5.41) is 0. The summed E-state index contributed by atoms with van der Waals surface area (Å²) in [6.45, 7) is 5.25. The molecular formula is C11H19IO. The summed E-state index contributed by atoms with van der Waals surface area (Å²) in [6.07, 6.45) is 7.53. The molecular weight excluding hydrogens is 275 g/mol. The summed E-state index contributed by atoms with van der Waals surface area (Å²) in [5.41, 5.74) is 0.553. The quantitative estimate of drug-likeness (QED) is 0.571. The van der Waals surface area contributed by atoms with Crippen LogP contribution in [0.2, 0.25) is 0 Å². The van der Waals surface area contributed by atoms with Crippen LogP contribution in [0, 0.1) is 5.41 Å². The van der Waals surface area contributed by atoms with E-state index in [0.717, 1.165) is 6.61 Å². The highest BCUT2D eigenvalue weighted by Crippen LogP contribution is 2.62. The van der Waals surface area contributed by atoms with E-state index >= 15 is 0 Å². The van der Waals surface area contributed by atoms with E-state index < -0.39 is 0 Å². The lowest BCUT2D eigenvalue weighted by molar-refractivity contribution is -0.0196. The number of hydrogen-bond acceptors (Lipinski definition) is 1. The highest BCUT2D eigenvalue weighted by Gasteiger charge is 2.55. The smallest absolute Gasteiger partial charge is 0.0603 e. The van der Waals surface area contributed by atoms with E-state index in [1.807, 2.05) is 0 Å². The predicted octanol–water partition coefficient (Wildman–Crippen LogP) is 3.55. The van der Waals surface area contributed by atoms with Crippen LogP contribution in [-0.4, -0.2) is 16.1 Å². The van der Waals surface area contributed by atoms with Crippen LogP contribution in [0.1, 0.15) is 46.0 Å². The van der Waals surface area contributed by atoms with Crippen molar-refractivity contribution >= 4 is 22.6 Å². The minimum absolute atomic E-state index is 0.483. The molecule has 0 aromatic rings. The average molecular weight is 294 g/mol. The van der Waals surface area contributed by atoms with Crippen molar-refractivity contribution in [2.75, 3.05) is 6.61 Å². The second kappa shape index (κ2) is 3.37. The van der Waals surface area contributed by atoms with E-state index in [1.165, 1.54) is 32.1 Å². The molecule has 0 aromatic heterocycles. The first-order valence-electron chi connectivity index (χ1n) is 5.41. The molecule has 0 radical (unpaired) electrons. The number of ether oxygens (including phenoxy) is 1. The highest BCUT2D eigenvalue weighted by molar-refractivity contribution is 14.1. The summed E-state index contributed by atoms with van der Waals surface area (Å²) in [7, 11) is 0. The Kier molecular flexibility index (Phi) is 2.65. The van der Waals surface area contributed by atoms with Crippen molar-refractivity contribution < 1.29 is 4.74 Å². The van der Waals surface area contributed by atoms with Crippen LogP contribution in [0.15, 0.2) is 0 Å². The summed E-state index contributed by atoms with van der Waals surface area (Å²) in [6, 6.07) is 0. The first-order chi connectivity index (χ1) is 6.10. The largest absolute Gasteiger partial charge is 0.378 e.